The summed E-state index contributed by atoms with van der Waals surface area (Å²) in [5.41, 5.74) is 3.97. The van der Waals surface area contributed by atoms with Crippen LogP contribution in [-0.4, -0.2) is 20.7 Å². The Morgan fingerprint density at radius 3 is 2.78 bits per heavy atom. The van der Waals surface area contributed by atoms with Crippen LogP contribution in [0.5, 0.6) is 0 Å². The van der Waals surface area contributed by atoms with Crippen molar-refractivity contribution in [1.82, 2.24) is 20.1 Å². The number of aromatic nitrogens is 3. The van der Waals surface area contributed by atoms with Gasteiger partial charge < -0.3 is 5.32 Å². The highest BCUT2D eigenvalue weighted by Crippen LogP contribution is 2.20. The lowest BCUT2D eigenvalue weighted by Gasteiger charge is -2.09. The van der Waals surface area contributed by atoms with Crippen molar-refractivity contribution in [3.63, 3.8) is 0 Å². The summed E-state index contributed by atoms with van der Waals surface area (Å²) in [6.45, 7) is 0.447. The Balaban J connectivity index is 1.44. The van der Waals surface area contributed by atoms with Crippen molar-refractivity contribution in [2.24, 2.45) is 7.05 Å². The Morgan fingerprint density at radius 1 is 1.07 bits per heavy atom. The smallest absolute Gasteiger partial charge is 0.224 e. The van der Waals surface area contributed by atoms with Gasteiger partial charge in [0.15, 0.2) is 0 Å². The molecule has 0 saturated carbocycles. The van der Waals surface area contributed by atoms with Crippen molar-refractivity contribution >= 4 is 16.7 Å². The van der Waals surface area contributed by atoms with Crippen molar-refractivity contribution in [2.75, 3.05) is 0 Å². The first kappa shape index (κ1) is 17.0. The van der Waals surface area contributed by atoms with Crippen molar-refractivity contribution in [3.8, 4) is 11.3 Å². The maximum Gasteiger partial charge on any atom is 0.224 e. The third kappa shape index (κ3) is 3.72. The first-order valence-corrected chi connectivity index (χ1v) is 8.86. The van der Waals surface area contributed by atoms with Gasteiger partial charge in [-0.3, -0.25) is 14.5 Å². The van der Waals surface area contributed by atoms with E-state index >= 15 is 0 Å². The summed E-state index contributed by atoms with van der Waals surface area (Å²) in [5, 5.41) is 9.45. The molecule has 5 nitrogen and oxygen atoms in total. The molecule has 27 heavy (non-hydrogen) atoms. The molecule has 0 spiro atoms. The number of rotatable bonds is 5. The predicted molar refractivity (Wildman–Crippen MR) is 106 cm³/mol. The Morgan fingerprint density at radius 2 is 1.93 bits per heavy atom. The first-order valence-electron chi connectivity index (χ1n) is 8.86. The summed E-state index contributed by atoms with van der Waals surface area (Å²) < 4.78 is 1.81. The molecule has 0 atom stereocenters. The van der Waals surface area contributed by atoms with Gasteiger partial charge in [-0.15, -0.1) is 0 Å². The maximum absolute atomic E-state index is 12.5. The van der Waals surface area contributed by atoms with Crippen LogP contribution in [0.1, 0.15) is 11.1 Å². The van der Waals surface area contributed by atoms with Crippen molar-refractivity contribution in [1.29, 1.82) is 0 Å². The second-order valence-corrected chi connectivity index (χ2v) is 6.51. The van der Waals surface area contributed by atoms with Gasteiger partial charge in [0.1, 0.15) is 0 Å². The minimum atomic E-state index is -0.00251. The van der Waals surface area contributed by atoms with Crippen LogP contribution >= 0.6 is 0 Å². The highest BCUT2D eigenvalue weighted by molar-refractivity contribution is 5.90. The topological polar surface area (TPSA) is 59.8 Å². The molecular weight excluding hydrogens is 336 g/mol. The highest BCUT2D eigenvalue weighted by Gasteiger charge is 2.08. The van der Waals surface area contributed by atoms with Crippen LogP contribution in [0.2, 0.25) is 0 Å². The van der Waals surface area contributed by atoms with Gasteiger partial charge in [-0.25, -0.2) is 0 Å². The molecule has 0 unspecified atom stereocenters. The molecule has 2 aromatic heterocycles. The summed E-state index contributed by atoms with van der Waals surface area (Å²) in [6.07, 6.45) is 5.70. The average Bonchev–Trinajstić information content (AvgIpc) is 3.13. The summed E-state index contributed by atoms with van der Waals surface area (Å²) >= 11 is 0. The second kappa shape index (κ2) is 7.41. The van der Waals surface area contributed by atoms with Crippen LogP contribution in [0.25, 0.3) is 22.0 Å². The number of benzene rings is 2. The van der Waals surface area contributed by atoms with Crippen LogP contribution in [-0.2, 0) is 24.8 Å². The molecule has 4 rings (SSSR count). The summed E-state index contributed by atoms with van der Waals surface area (Å²) in [6, 6.07) is 18.2. The Bertz CT molecular complexity index is 1090. The lowest BCUT2D eigenvalue weighted by atomic mass is 10.0. The van der Waals surface area contributed by atoms with Crippen LogP contribution in [0.15, 0.2) is 73.2 Å². The molecule has 0 saturated heterocycles. The van der Waals surface area contributed by atoms with Gasteiger partial charge >= 0.3 is 0 Å². The number of nitrogens with one attached hydrogen (secondary N) is 1. The van der Waals surface area contributed by atoms with Gasteiger partial charge in [0.25, 0.3) is 0 Å². The average molecular weight is 356 g/mol. The molecule has 2 heterocycles. The lowest BCUT2D eigenvalue weighted by molar-refractivity contribution is -0.120. The quantitative estimate of drug-likeness (QED) is 0.595. The van der Waals surface area contributed by atoms with Gasteiger partial charge in [0.05, 0.1) is 12.1 Å². The number of aryl methyl sites for hydroxylation is 1. The van der Waals surface area contributed by atoms with E-state index in [1.807, 2.05) is 43.4 Å². The summed E-state index contributed by atoms with van der Waals surface area (Å²) in [4.78, 5) is 16.7. The molecule has 0 radical (unpaired) electrons. The van der Waals surface area contributed by atoms with E-state index in [9.17, 15) is 4.79 Å². The van der Waals surface area contributed by atoms with E-state index in [2.05, 4.69) is 33.6 Å². The standard InChI is InChI=1S/C22H20N4O/c1-26-21(9-10-25-26)19-11-16(13-23-15-19)14-24-22(27)12-18-7-4-6-17-5-2-3-8-20(17)18/h2-11,13,15H,12,14H2,1H3,(H,24,27). The van der Waals surface area contributed by atoms with Crippen LogP contribution in [0.3, 0.4) is 0 Å². The Kier molecular flexibility index (Phi) is 4.66. The molecule has 0 aliphatic carbocycles. The number of nitrogens with zero attached hydrogens (tertiary/aromatic N) is 3. The Labute approximate surface area is 157 Å². The van der Waals surface area contributed by atoms with E-state index in [1.165, 1.54) is 0 Å². The van der Waals surface area contributed by atoms with E-state index in [1.54, 1.807) is 23.3 Å². The minimum Gasteiger partial charge on any atom is -0.352 e. The van der Waals surface area contributed by atoms with E-state index < -0.39 is 0 Å². The van der Waals surface area contributed by atoms with E-state index in [0.717, 1.165) is 33.2 Å². The van der Waals surface area contributed by atoms with E-state index in [0.29, 0.717) is 13.0 Å². The predicted octanol–water partition coefficient (Wildman–Crippen LogP) is 3.49. The molecule has 4 aromatic rings. The van der Waals surface area contributed by atoms with E-state index in [4.69, 9.17) is 0 Å². The molecule has 0 bridgehead atoms. The van der Waals surface area contributed by atoms with Crippen molar-refractivity contribution in [2.45, 2.75) is 13.0 Å². The van der Waals surface area contributed by atoms with Crippen LogP contribution < -0.4 is 5.32 Å². The fourth-order valence-corrected chi connectivity index (χ4v) is 3.26. The number of pyridine rings is 1. The molecule has 2 aromatic carbocycles. The van der Waals surface area contributed by atoms with Gasteiger partial charge in [0.2, 0.25) is 5.91 Å². The zero-order valence-electron chi connectivity index (χ0n) is 15.1. The van der Waals surface area contributed by atoms with Gasteiger partial charge in [-0.05, 0) is 34.0 Å². The number of carbonyl (C=O) groups is 1. The third-order valence-corrected chi connectivity index (χ3v) is 4.63. The van der Waals surface area contributed by atoms with Crippen LogP contribution in [0, 0.1) is 0 Å². The molecule has 1 amide bonds. The summed E-state index contributed by atoms with van der Waals surface area (Å²) in [5.74, 6) is -0.00251. The number of fused-ring (bicyclic) bond motifs is 1. The van der Waals surface area contributed by atoms with Crippen molar-refractivity contribution < 1.29 is 4.79 Å². The monoisotopic (exact) mass is 356 g/mol. The molecule has 134 valence electrons. The molecule has 0 fully saturated rings. The molecule has 0 aliphatic rings. The van der Waals surface area contributed by atoms with Gasteiger partial charge in [0, 0.05) is 37.7 Å². The SMILES string of the molecule is Cn1nccc1-c1cncc(CNC(=O)Cc2cccc3ccccc23)c1. The number of amides is 1. The first-order chi connectivity index (χ1) is 13.2. The lowest BCUT2D eigenvalue weighted by Crippen LogP contribution is -2.24. The van der Waals surface area contributed by atoms with Crippen molar-refractivity contribution in [3.05, 3.63) is 84.3 Å². The number of hydrogen-bond donors (Lipinski definition) is 1. The van der Waals surface area contributed by atoms with Gasteiger partial charge in [-0.1, -0.05) is 42.5 Å². The fraction of sp³-hybridized carbons (Fsp3) is 0.136. The van der Waals surface area contributed by atoms with Gasteiger partial charge in [-0.2, -0.15) is 5.10 Å². The maximum atomic E-state index is 12.5. The Hall–Kier alpha value is -3.47. The molecule has 0 aliphatic heterocycles. The number of carbonyl (C=O) groups excluding carboxylic acids is 1. The molecule has 5 heteroatoms. The fourth-order valence-electron chi connectivity index (χ4n) is 3.26. The summed E-state index contributed by atoms with van der Waals surface area (Å²) in [7, 11) is 1.90. The highest BCUT2D eigenvalue weighted by atomic mass is 16.1. The largest absolute Gasteiger partial charge is 0.352 e. The van der Waals surface area contributed by atoms with E-state index in [-0.39, 0.29) is 5.91 Å². The number of hydrogen-bond acceptors (Lipinski definition) is 3. The zero-order valence-corrected chi connectivity index (χ0v) is 15.1. The molecule has 1 N–H and O–H groups in total. The minimum absolute atomic E-state index is 0.00251. The normalized spacial score (nSPS) is 10.9. The zero-order chi connectivity index (χ0) is 18.6. The molecular formula is C22H20N4O. The third-order valence-electron chi connectivity index (χ3n) is 4.63. The van der Waals surface area contributed by atoms with Crippen LogP contribution in [0.4, 0.5) is 0 Å². The second-order valence-electron chi connectivity index (χ2n) is 6.51.